The summed E-state index contributed by atoms with van der Waals surface area (Å²) in [5.41, 5.74) is 1.44. The Balaban J connectivity index is 1.83. The summed E-state index contributed by atoms with van der Waals surface area (Å²) in [6.07, 6.45) is 1.56. The van der Waals surface area contributed by atoms with Crippen molar-refractivity contribution >= 4 is 28.3 Å². The number of carbonyl (C=O) groups excluding carboxylic acids is 2. The van der Waals surface area contributed by atoms with Crippen LogP contribution in [-0.4, -0.2) is 28.6 Å². The molecule has 0 aliphatic rings. The molecule has 0 spiro atoms. The van der Waals surface area contributed by atoms with Crippen molar-refractivity contribution in [2.24, 2.45) is 0 Å². The van der Waals surface area contributed by atoms with Crippen LogP contribution in [0, 0.1) is 6.92 Å². The van der Waals surface area contributed by atoms with Gasteiger partial charge >= 0.3 is 0 Å². The zero-order chi connectivity index (χ0) is 18.7. The zero-order valence-electron chi connectivity index (χ0n) is 14.4. The summed E-state index contributed by atoms with van der Waals surface area (Å²) in [5, 5.41) is 10.6. The molecule has 0 bridgehead atoms. The number of rotatable bonds is 4. The Morgan fingerprint density at radius 3 is 2.69 bits per heavy atom. The molecule has 7 heteroatoms. The molecule has 3 aromatic rings. The molecular formula is C19H18N4O3. The third kappa shape index (κ3) is 3.46. The fourth-order valence-corrected chi connectivity index (χ4v) is 2.61. The number of benzene rings is 2. The van der Waals surface area contributed by atoms with E-state index in [2.05, 4.69) is 15.7 Å². The van der Waals surface area contributed by atoms with Gasteiger partial charge in [-0.3, -0.25) is 14.4 Å². The van der Waals surface area contributed by atoms with Crippen molar-refractivity contribution in [3.63, 3.8) is 0 Å². The first-order valence-electron chi connectivity index (χ1n) is 8.07. The summed E-state index contributed by atoms with van der Waals surface area (Å²) in [4.78, 5) is 36.5. The maximum absolute atomic E-state index is 12.4. The summed E-state index contributed by atoms with van der Waals surface area (Å²) in [5.74, 6) is -0.639. The summed E-state index contributed by atoms with van der Waals surface area (Å²) < 4.78 is 1.12. The SMILES string of the molecule is CNC(=O)c1ccc(C)c(NC(=O)Cn2ncc3ccccc3c2=O)c1. The quantitative estimate of drug-likeness (QED) is 0.749. The number of aryl methyl sites for hydroxylation is 1. The van der Waals surface area contributed by atoms with Gasteiger partial charge in [0.1, 0.15) is 6.54 Å². The fraction of sp³-hybridized carbons (Fsp3) is 0.158. The van der Waals surface area contributed by atoms with E-state index in [0.717, 1.165) is 15.6 Å². The molecule has 0 atom stereocenters. The van der Waals surface area contributed by atoms with Gasteiger partial charge in [-0.25, -0.2) is 4.68 Å². The molecule has 2 amide bonds. The van der Waals surface area contributed by atoms with Crippen molar-refractivity contribution in [2.45, 2.75) is 13.5 Å². The van der Waals surface area contributed by atoms with Crippen molar-refractivity contribution in [3.8, 4) is 0 Å². The molecule has 2 N–H and O–H groups in total. The largest absolute Gasteiger partial charge is 0.355 e. The van der Waals surface area contributed by atoms with Gasteiger partial charge in [0.05, 0.1) is 11.6 Å². The van der Waals surface area contributed by atoms with Crippen LogP contribution in [0.15, 0.2) is 53.5 Å². The van der Waals surface area contributed by atoms with Crippen LogP contribution in [0.5, 0.6) is 0 Å². The Morgan fingerprint density at radius 2 is 1.92 bits per heavy atom. The average molecular weight is 350 g/mol. The lowest BCUT2D eigenvalue weighted by Crippen LogP contribution is -2.29. The first-order chi connectivity index (χ1) is 12.5. The number of amides is 2. The van der Waals surface area contributed by atoms with Crippen molar-refractivity contribution in [2.75, 3.05) is 12.4 Å². The predicted molar refractivity (Wildman–Crippen MR) is 99.2 cm³/mol. The topological polar surface area (TPSA) is 93.1 Å². The molecule has 2 aromatic carbocycles. The first-order valence-corrected chi connectivity index (χ1v) is 8.07. The molecular weight excluding hydrogens is 332 g/mol. The van der Waals surface area contributed by atoms with Gasteiger partial charge < -0.3 is 10.6 Å². The third-order valence-corrected chi connectivity index (χ3v) is 4.06. The van der Waals surface area contributed by atoms with Crippen LogP contribution in [0.1, 0.15) is 15.9 Å². The molecule has 0 aliphatic carbocycles. The van der Waals surface area contributed by atoms with E-state index in [4.69, 9.17) is 0 Å². The molecule has 1 heterocycles. The van der Waals surface area contributed by atoms with E-state index >= 15 is 0 Å². The van der Waals surface area contributed by atoms with Crippen LogP contribution in [0.25, 0.3) is 10.8 Å². The zero-order valence-corrected chi connectivity index (χ0v) is 14.4. The predicted octanol–water partition coefficient (Wildman–Crippen LogP) is 1.70. The van der Waals surface area contributed by atoms with E-state index in [-0.39, 0.29) is 18.0 Å². The van der Waals surface area contributed by atoms with Crippen LogP contribution >= 0.6 is 0 Å². The minimum absolute atomic E-state index is 0.215. The van der Waals surface area contributed by atoms with E-state index in [0.29, 0.717) is 16.6 Å². The molecule has 0 radical (unpaired) electrons. The number of anilines is 1. The van der Waals surface area contributed by atoms with Gasteiger partial charge in [-0.15, -0.1) is 0 Å². The molecule has 0 saturated heterocycles. The van der Waals surface area contributed by atoms with Gasteiger partial charge in [0.25, 0.3) is 11.5 Å². The minimum Gasteiger partial charge on any atom is -0.355 e. The molecule has 0 saturated carbocycles. The highest BCUT2D eigenvalue weighted by molar-refractivity contribution is 5.97. The number of nitrogens with one attached hydrogen (secondary N) is 2. The molecule has 0 unspecified atom stereocenters. The van der Waals surface area contributed by atoms with E-state index in [1.54, 1.807) is 42.6 Å². The van der Waals surface area contributed by atoms with Crippen LogP contribution in [-0.2, 0) is 11.3 Å². The Morgan fingerprint density at radius 1 is 1.15 bits per heavy atom. The standard InChI is InChI=1S/C19H18N4O3/c1-12-7-8-13(18(25)20-2)9-16(12)22-17(24)11-23-19(26)15-6-4-3-5-14(15)10-21-23/h3-10H,11H2,1-2H3,(H,20,25)(H,22,24). The normalized spacial score (nSPS) is 10.5. The molecule has 7 nitrogen and oxygen atoms in total. The van der Waals surface area contributed by atoms with E-state index in [1.807, 2.05) is 13.0 Å². The van der Waals surface area contributed by atoms with Gasteiger partial charge in [0, 0.05) is 23.7 Å². The van der Waals surface area contributed by atoms with Gasteiger partial charge in [0.2, 0.25) is 5.91 Å². The average Bonchev–Trinajstić information content (AvgIpc) is 2.65. The number of aromatic nitrogens is 2. The van der Waals surface area contributed by atoms with Crippen LogP contribution in [0.4, 0.5) is 5.69 Å². The lowest BCUT2D eigenvalue weighted by Gasteiger charge is -2.11. The van der Waals surface area contributed by atoms with Crippen LogP contribution in [0.2, 0.25) is 0 Å². The van der Waals surface area contributed by atoms with E-state index in [1.165, 1.54) is 7.05 Å². The monoisotopic (exact) mass is 350 g/mol. The Bertz CT molecular complexity index is 1060. The lowest BCUT2D eigenvalue weighted by atomic mass is 10.1. The first kappa shape index (κ1) is 17.3. The number of fused-ring (bicyclic) bond motifs is 1. The summed E-state index contributed by atoms with van der Waals surface area (Å²) in [6, 6.07) is 12.1. The number of hydrogen-bond acceptors (Lipinski definition) is 4. The van der Waals surface area contributed by atoms with E-state index in [9.17, 15) is 14.4 Å². The fourth-order valence-electron chi connectivity index (χ4n) is 2.61. The lowest BCUT2D eigenvalue weighted by molar-refractivity contribution is -0.117. The van der Waals surface area contributed by atoms with Crippen LogP contribution < -0.4 is 16.2 Å². The second-order valence-electron chi connectivity index (χ2n) is 5.85. The second kappa shape index (κ2) is 7.18. The van der Waals surface area contributed by atoms with Gasteiger partial charge in [-0.05, 0) is 30.7 Å². The molecule has 0 aliphatic heterocycles. The van der Waals surface area contributed by atoms with Crippen molar-refractivity contribution in [1.82, 2.24) is 15.1 Å². The Hall–Kier alpha value is -3.48. The summed E-state index contributed by atoms with van der Waals surface area (Å²) in [7, 11) is 1.54. The summed E-state index contributed by atoms with van der Waals surface area (Å²) in [6.45, 7) is 1.61. The van der Waals surface area contributed by atoms with Crippen LogP contribution in [0.3, 0.4) is 0 Å². The molecule has 1 aromatic heterocycles. The Kier molecular flexibility index (Phi) is 4.79. The van der Waals surface area contributed by atoms with Gasteiger partial charge in [-0.1, -0.05) is 24.3 Å². The molecule has 0 fully saturated rings. The molecule has 3 rings (SSSR count). The molecule has 26 heavy (non-hydrogen) atoms. The van der Waals surface area contributed by atoms with Crippen molar-refractivity contribution in [1.29, 1.82) is 0 Å². The van der Waals surface area contributed by atoms with Crippen molar-refractivity contribution in [3.05, 3.63) is 70.1 Å². The maximum atomic E-state index is 12.4. The summed E-state index contributed by atoms with van der Waals surface area (Å²) >= 11 is 0. The smallest absolute Gasteiger partial charge is 0.275 e. The Labute approximate surface area is 149 Å². The molecule has 132 valence electrons. The maximum Gasteiger partial charge on any atom is 0.275 e. The van der Waals surface area contributed by atoms with E-state index < -0.39 is 5.91 Å². The highest BCUT2D eigenvalue weighted by atomic mass is 16.2. The highest BCUT2D eigenvalue weighted by Gasteiger charge is 2.12. The number of hydrogen-bond donors (Lipinski definition) is 2. The second-order valence-corrected chi connectivity index (χ2v) is 5.85. The minimum atomic E-state index is -0.396. The number of carbonyl (C=O) groups is 2. The number of nitrogens with zero attached hydrogens (tertiary/aromatic N) is 2. The van der Waals surface area contributed by atoms with Gasteiger partial charge in [-0.2, -0.15) is 5.10 Å². The van der Waals surface area contributed by atoms with Gasteiger partial charge in [0.15, 0.2) is 0 Å². The third-order valence-electron chi connectivity index (χ3n) is 4.06. The van der Waals surface area contributed by atoms with Crippen molar-refractivity contribution < 1.29 is 9.59 Å². The highest BCUT2D eigenvalue weighted by Crippen LogP contribution is 2.17.